The molecule has 4 rings (SSSR count). The van der Waals surface area contributed by atoms with Crippen LogP contribution in [0.4, 0.5) is 11.8 Å². The van der Waals surface area contributed by atoms with Crippen molar-refractivity contribution < 1.29 is 0 Å². The second kappa shape index (κ2) is 8.82. The Balaban J connectivity index is 1.77. The van der Waals surface area contributed by atoms with E-state index in [0.717, 1.165) is 23.3 Å². The van der Waals surface area contributed by atoms with E-state index in [1.54, 1.807) is 0 Å². The maximum Gasteiger partial charge on any atom is 0.271 e. The lowest BCUT2D eigenvalue weighted by atomic mass is 9.97. The number of nitrogens with one attached hydrogen (secondary N) is 1. The van der Waals surface area contributed by atoms with Crippen LogP contribution in [0.5, 0.6) is 0 Å². The minimum atomic E-state index is 0.489. The summed E-state index contributed by atoms with van der Waals surface area (Å²) in [4.78, 5) is 6.71. The lowest BCUT2D eigenvalue weighted by Gasteiger charge is -2.17. The van der Waals surface area contributed by atoms with Gasteiger partial charge in [-0.25, -0.2) is 4.98 Å². The van der Waals surface area contributed by atoms with E-state index in [1.165, 1.54) is 42.2 Å². The largest absolute Gasteiger partial charge is 0.295 e. The Bertz CT molecular complexity index is 1060. The van der Waals surface area contributed by atoms with Crippen molar-refractivity contribution in [2.75, 3.05) is 11.9 Å². The summed E-state index contributed by atoms with van der Waals surface area (Å²) in [6.07, 6.45) is 6.18. The van der Waals surface area contributed by atoms with Crippen molar-refractivity contribution in [1.29, 1.82) is 0 Å². The minimum Gasteiger partial charge on any atom is -0.295 e. The smallest absolute Gasteiger partial charge is 0.271 e. The number of hydrogen-bond acceptors (Lipinski definition) is 5. The fraction of sp³-hybridized carbons (Fsp3) is 0.304. The van der Waals surface area contributed by atoms with Crippen molar-refractivity contribution in [3.05, 3.63) is 60.2 Å². The number of anilines is 2. The number of aromatic nitrogens is 5. The molecule has 0 saturated carbocycles. The Kier molecular flexibility index (Phi) is 5.79. The molecule has 0 saturated heterocycles. The van der Waals surface area contributed by atoms with E-state index in [2.05, 4.69) is 76.1 Å². The average Bonchev–Trinajstić information content (AvgIpc) is 3.31. The number of nitrogens with zero attached hydrogens (tertiary/aromatic N) is 5. The van der Waals surface area contributed by atoms with Crippen LogP contribution in [0.1, 0.15) is 38.2 Å². The fourth-order valence-electron chi connectivity index (χ4n) is 3.60. The number of pyridine rings is 1. The molecule has 0 aliphatic carbocycles. The normalized spacial score (nSPS) is 11.1. The second-order valence-electron chi connectivity index (χ2n) is 7.33. The molecule has 2 aromatic heterocycles. The van der Waals surface area contributed by atoms with Crippen molar-refractivity contribution in [3.8, 4) is 11.1 Å². The highest BCUT2D eigenvalue weighted by Gasteiger charge is 2.14. The monoisotopic (exact) mass is 386 g/mol. The zero-order valence-corrected chi connectivity index (χ0v) is 17.0. The van der Waals surface area contributed by atoms with Crippen LogP contribution in [-0.2, 0) is 6.42 Å². The van der Waals surface area contributed by atoms with E-state index in [4.69, 9.17) is 4.98 Å². The molecule has 4 aromatic rings. The number of H-pyrrole nitrogens is 1. The maximum absolute atomic E-state index is 4.87. The van der Waals surface area contributed by atoms with Gasteiger partial charge in [0.2, 0.25) is 0 Å². The van der Waals surface area contributed by atoms with Gasteiger partial charge in [-0.1, -0.05) is 67.7 Å². The van der Waals surface area contributed by atoms with Gasteiger partial charge in [0, 0.05) is 12.4 Å². The number of fused-ring (bicyclic) bond motifs is 1. The van der Waals surface area contributed by atoms with Gasteiger partial charge >= 0.3 is 0 Å². The van der Waals surface area contributed by atoms with Gasteiger partial charge in [0.1, 0.15) is 5.82 Å². The summed E-state index contributed by atoms with van der Waals surface area (Å²) < 4.78 is 0. The highest BCUT2D eigenvalue weighted by atomic mass is 15.5. The molecular formula is C23H26N6. The van der Waals surface area contributed by atoms with Crippen LogP contribution >= 0.6 is 0 Å². The molecule has 0 unspecified atom stereocenters. The third-order valence-corrected chi connectivity index (χ3v) is 5.24. The van der Waals surface area contributed by atoms with Crippen LogP contribution in [-0.4, -0.2) is 32.7 Å². The number of hydrogen-bond donors (Lipinski definition) is 1. The predicted octanol–water partition coefficient (Wildman–Crippen LogP) is 5.31. The molecule has 0 aliphatic rings. The second-order valence-corrected chi connectivity index (χ2v) is 7.33. The fourth-order valence-corrected chi connectivity index (χ4v) is 3.60. The average molecular weight is 387 g/mol. The van der Waals surface area contributed by atoms with Crippen LogP contribution in [0, 0.1) is 0 Å². The quantitative estimate of drug-likeness (QED) is 0.416. The van der Waals surface area contributed by atoms with Gasteiger partial charge in [0.05, 0.1) is 5.52 Å². The first-order valence-corrected chi connectivity index (χ1v) is 10.2. The topological polar surface area (TPSA) is 70.6 Å². The summed E-state index contributed by atoms with van der Waals surface area (Å²) in [5, 5.41) is 15.5. The van der Waals surface area contributed by atoms with E-state index < -0.39 is 0 Å². The summed E-state index contributed by atoms with van der Waals surface area (Å²) in [5.74, 6) is 1.27. The minimum absolute atomic E-state index is 0.489. The summed E-state index contributed by atoms with van der Waals surface area (Å²) >= 11 is 0. The van der Waals surface area contributed by atoms with Crippen LogP contribution in [0.15, 0.2) is 54.6 Å². The van der Waals surface area contributed by atoms with E-state index in [-0.39, 0.29) is 0 Å². The van der Waals surface area contributed by atoms with Gasteiger partial charge < -0.3 is 0 Å². The van der Waals surface area contributed by atoms with Gasteiger partial charge in [-0.05, 0) is 52.9 Å². The number of aryl methyl sites for hydroxylation is 1. The molecule has 6 nitrogen and oxygen atoms in total. The molecule has 0 atom stereocenters. The van der Waals surface area contributed by atoms with Gasteiger partial charge in [-0.3, -0.25) is 4.90 Å². The zero-order chi connectivity index (χ0) is 20.1. The third kappa shape index (κ3) is 4.26. The molecular weight excluding hydrogens is 360 g/mol. The van der Waals surface area contributed by atoms with Crippen LogP contribution < -0.4 is 4.90 Å². The molecule has 2 heterocycles. The lowest BCUT2D eigenvalue weighted by molar-refractivity contribution is 0.667. The van der Waals surface area contributed by atoms with Crippen molar-refractivity contribution in [3.63, 3.8) is 0 Å². The third-order valence-electron chi connectivity index (χ3n) is 5.24. The molecule has 1 N–H and O–H groups in total. The summed E-state index contributed by atoms with van der Waals surface area (Å²) in [6, 6.07) is 19.2. The first-order valence-electron chi connectivity index (χ1n) is 10.2. The Morgan fingerprint density at radius 2 is 1.83 bits per heavy atom. The Morgan fingerprint density at radius 1 is 0.966 bits per heavy atom. The van der Waals surface area contributed by atoms with Gasteiger partial charge in [-0.2, -0.15) is 5.21 Å². The molecule has 6 heteroatoms. The summed E-state index contributed by atoms with van der Waals surface area (Å²) in [6.45, 7) is 2.25. The Hall–Kier alpha value is -3.28. The Labute approximate surface area is 171 Å². The standard InChI is InChI=1S/C23H26N6/c1-3-4-5-7-10-17-13-14-21-20(15-17)19(18-11-8-6-9-12-18)16-22(24-21)29(2)23-25-27-28-26-23/h6,8-9,11-16H,3-5,7,10H2,1-2H3,(H,25,26,27,28). The molecule has 0 bridgehead atoms. The number of aromatic amines is 1. The Morgan fingerprint density at radius 3 is 2.59 bits per heavy atom. The first kappa shape index (κ1) is 19.1. The predicted molar refractivity (Wildman–Crippen MR) is 117 cm³/mol. The van der Waals surface area contributed by atoms with E-state index in [0.29, 0.717) is 5.95 Å². The molecule has 0 amide bonds. The number of benzene rings is 2. The van der Waals surface area contributed by atoms with Crippen molar-refractivity contribution >= 4 is 22.7 Å². The van der Waals surface area contributed by atoms with Crippen LogP contribution in [0.3, 0.4) is 0 Å². The van der Waals surface area contributed by atoms with Crippen molar-refractivity contribution in [2.24, 2.45) is 0 Å². The molecule has 0 radical (unpaired) electrons. The van der Waals surface area contributed by atoms with Gasteiger partial charge in [0.25, 0.3) is 5.95 Å². The molecule has 2 aromatic carbocycles. The van der Waals surface area contributed by atoms with Crippen LogP contribution in [0.2, 0.25) is 0 Å². The summed E-state index contributed by atoms with van der Waals surface area (Å²) in [7, 11) is 1.90. The lowest BCUT2D eigenvalue weighted by Crippen LogP contribution is -2.13. The molecule has 0 fully saturated rings. The van der Waals surface area contributed by atoms with Gasteiger partial charge in [0.15, 0.2) is 0 Å². The van der Waals surface area contributed by atoms with Crippen molar-refractivity contribution in [2.45, 2.75) is 39.0 Å². The molecule has 0 spiro atoms. The van der Waals surface area contributed by atoms with Gasteiger partial charge in [-0.15, -0.1) is 5.10 Å². The van der Waals surface area contributed by atoms with E-state index >= 15 is 0 Å². The number of tetrazole rings is 1. The maximum atomic E-state index is 4.87. The zero-order valence-electron chi connectivity index (χ0n) is 17.0. The summed E-state index contributed by atoms with van der Waals surface area (Å²) in [5.41, 5.74) is 4.67. The first-order chi connectivity index (χ1) is 14.3. The van der Waals surface area contributed by atoms with Crippen LogP contribution in [0.25, 0.3) is 22.0 Å². The molecule has 0 aliphatic heterocycles. The van der Waals surface area contributed by atoms with E-state index in [9.17, 15) is 0 Å². The number of unbranched alkanes of at least 4 members (excludes halogenated alkanes) is 3. The molecule has 148 valence electrons. The highest BCUT2D eigenvalue weighted by Crippen LogP contribution is 2.33. The number of rotatable bonds is 8. The SMILES string of the molecule is CCCCCCc1ccc2nc(N(C)c3nn[nH]n3)cc(-c3ccccc3)c2c1. The van der Waals surface area contributed by atoms with E-state index in [1.807, 2.05) is 18.0 Å². The molecule has 29 heavy (non-hydrogen) atoms. The van der Waals surface area contributed by atoms with Crippen molar-refractivity contribution in [1.82, 2.24) is 25.6 Å². The highest BCUT2D eigenvalue weighted by molar-refractivity contribution is 5.96.